The van der Waals surface area contributed by atoms with Crippen molar-refractivity contribution in [2.45, 2.75) is 13.8 Å². The standard InChI is InChI=1S/C19H18N6O2S/c1-10-15(13-9-28-17(20)14(13)18(26)21-10)22-23-16-11(2)24(3)25(19(16)27)12-7-5-4-6-8-12/h4-9H,20H2,1-3H3,(H,21,26). The van der Waals surface area contributed by atoms with Gasteiger partial charge >= 0.3 is 0 Å². The van der Waals surface area contributed by atoms with Gasteiger partial charge in [-0.1, -0.05) is 18.2 Å². The lowest BCUT2D eigenvalue weighted by Gasteiger charge is -2.07. The number of nitrogens with two attached hydrogens (primary N) is 1. The summed E-state index contributed by atoms with van der Waals surface area (Å²) in [7, 11) is 1.80. The first kappa shape index (κ1) is 17.9. The van der Waals surface area contributed by atoms with Gasteiger partial charge in [0, 0.05) is 23.5 Å². The van der Waals surface area contributed by atoms with Gasteiger partial charge in [0.1, 0.15) is 5.69 Å². The average Bonchev–Trinajstić information content (AvgIpc) is 3.15. The molecule has 1 aromatic carbocycles. The number of aryl methyl sites for hydroxylation is 1. The number of rotatable bonds is 3. The molecule has 0 spiro atoms. The highest BCUT2D eigenvalue weighted by Gasteiger charge is 2.17. The second kappa shape index (κ2) is 6.61. The van der Waals surface area contributed by atoms with E-state index in [9.17, 15) is 9.59 Å². The van der Waals surface area contributed by atoms with Crippen molar-refractivity contribution in [3.8, 4) is 5.69 Å². The van der Waals surface area contributed by atoms with Crippen molar-refractivity contribution in [3.05, 3.63) is 67.8 Å². The van der Waals surface area contributed by atoms with E-state index in [1.807, 2.05) is 37.3 Å². The van der Waals surface area contributed by atoms with E-state index >= 15 is 0 Å². The third kappa shape index (κ3) is 2.67. The van der Waals surface area contributed by atoms with Crippen molar-refractivity contribution in [1.29, 1.82) is 0 Å². The van der Waals surface area contributed by atoms with E-state index in [0.717, 1.165) is 5.69 Å². The minimum atomic E-state index is -0.266. The number of hydrogen-bond donors (Lipinski definition) is 2. The Morgan fingerprint density at radius 1 is 1.07 bits per heavy atom. The quantitative estimate of drug-likeness (QED) is 0.517. The van der Waals surface area contributed by atoms with Crippen molar-refractivity contribution in [1.82, 2.24) is 14.3 Å². The number of azo groups is 1. The molecule has 0 saturated heterocycles. The lowest BCUT2D eigenvalue weighted by molar-refractivity contribution is 0.630. The van der Waals surface area contributed by atoms with Gasteiger partial charge in [-0.2, -0.15) is 0 Å². The Morgan fingerprint density at radius 2 is 1.75 bits per heavy atom. The normalized spacial score (nSPS) is 11.7. The molecule has 28 heavy (non-hydrogen) atoms. The van der Waals surface area contributed by atoms with Gasteiger partial charge in [-0.25, -0.2) is 4.68 Å². The van der Waals surface area contributed by atoms with Crippen LogP contribution < -0.4 is 16.9 Å². The lowest BCUT2D eigenvalue weighted by Crippen LogP contribution is -2.19. The highest BCUT2D eigenvalue weighted by Crippen LogP contribution is 2.34. The molecule has 0 aliphatic rings. The summed E-state index contributed by atoms with van der Waals surface area (Å²) in [5, 5.41) is 11.8. The monoisotopic (exact) mass is 394 g/mol. The number of benzene rings is 1. The molecule has 3 N–H and O–H groups in total. The molecule has 0 atom stereocenters. The van der Waals surface area contributed by atoms with Crippen LogP contribution in [0.3, 0.4) is 0 Å². The Labute approximate surface area is 163 Å². The Bertz CT molecular complexity index is 1340. The first-order chi connectivity index (χ1) is 13.4. The lowest BCUT2D eigenvalue weighted by atomic mass is 10.2. The van der Waals surface area contributed by atoms with Crippen molar-refractivity contribution in [2.75, 3.05) is 5.73 Å². The molecule has 9 heteroatoms. The van der Waals surface area contributed by atoms with Gasteiger partial charge in [0.25, 0.3) is 11.1 Å². The first-order valence-corrected chi connectivity index (χ1v) is 9.43. The molecule has 0 amide bonds. The summed E-state index contributed by atoms with van der Waals surface area (Å²) in [6.07, 6.45) is 0. The van der Waals surface area contributed by atoms with Crippen LogP contribution in [0.1, 0.15) is 11.4 Å². The summed E-state index contributed by atoms with van der Waals surface area (Å²) >= 11 is 1.27. The molecule has 3 heterocycles. The number of hydrogen-bond acceptors (Lipinski definition) is 6. The van der Waals surface area contributed by atoms with Gasteiger partial charge in [0.2, 0.25) is 0 Å². The van der Waals surface area contributed by atoms with Crippen LogP contribution in [-0.4, -0.2) is 14.3 Å². The van der Waals surface area contributed by atoms with Crippen molar-refractivity contribution < 1.29 is 0 Å². The fourth-order valence-corrected chi connectivity index (χ4v) is 3.97. The van der Waals surface area contributed by atoms with Crippen LogP contribution in [0.4, 0.5) is 16.4 Å². The molecule has 0 fully saturated rings. The van der Waals surface area contributed by atoms with Crippen molar-refractivity contribution in [3.63, 3.8) is 0 Å². The number of aromatic nitrogens is 3. The number of nitrogen functional groups attached to an aromatic ring is 1. The third-order valence-corrected chi connectivity index (χ3v) is 5.54. The number of aromatic amines is 1. The van der Waals surface area contributed by atoms with Crippen LogP contribution in [0.5, 0.6) is 0 Å². The fraction of sp³-hybridized carbons (Fsp3) is 0.158. The number of thiophene rings is 1. The van der Waals surface area contributed by atoms with E-state index in [0.29, 0.717) is 32.8 Å². The zero-order valence-corrected chi connectivity index (χ0v) is 16.4. The van der Waals surface area contributed by atoms with Crippen LogP contribution in [-0.2, 0) is 7.05 Å². The SMILES string of the molecule is Cc1[nH]c(=O)c2c(N)scc2c1N=Nc1c(C)n(C)n(-c2ccccc2)c1=O. The third-order valence-electron chi connectivity index (χ3n) is 4.73. The molecule has 3 aromatic heterocycles. The molecule has 8 nitrogen and oxygen atoms in total. The van der Waals surface area contributed by atoms with Crippen LogP contribution >= 0.6 is 11.3 Å². The van der Waals surface area contributed by atoms with Gasteiger partial charge < -0.3 is 10.7 Å². The molecular weight excluding hydrogens is 376 g/mol. The molecule has 0 bridgehead atoms. The summed E-state index contributed by atoms with van der Waals surface area (Å²) < 4.78 is 3.28. The number of H-pyrrole nitrogens is 1. The van der Waals surface area contributed by atoms with E-state index in [1.54, 1.807) is 28.7 Å². The van der Waals surface area contributed by atoms with Crippen LogP contribution in [0, 0.1) is 13.8 Å². The summed E-state index contributed by atoms with van der Waals surface area (Å²) in [6, 6.07) is 9.33. The molecule has 0 radical (unpaired) electrons. The second-order valence-corrected chi connectivity index (χ2v) is 7.34. The molecule has 0 saturated carbocycles. The van der Waals surface area contributed by atoms with E-state index < -0.39 is 0 Å². The number of fused-ring (bicyclic) bond motifs is 1. The van der Waals surface area contributed by atoms with Gasteiger partial charge in [-0.05, 0) is 26.0 Å². The molecule has 142 valence electrons. The average molecular weight is 394 g/mol. The predicted octanol–water partition coefficient (Wildman–Crippen LogP) is 3.69. The number of anilines is 1. The van der Waals surface area contributed by atoms with Gasteiger partial charge in [0.15, 0.2) is 5.69 Å². The summed E-state index contributed by atoms with van der Waals surface area (Å²) in [4.78, 5) is 27.9. The second-order valence-electron chi connectivity index (χ2n) is 6.43. The zero-order chi connectivity index (χ0) is 20.0. The molecule has 0 aliphatic carbocycles. The Morgan fingerprint density at radius 3 is 2.46 bits per heavy atom. The highest BCUT2D eigenvalue weighted by molar-refractivity contribution is 7.15. The van der Waals surface area contributed by atoms with Gasteiger partial charge in [0.05, 0.1) is 21.8 Å². The summed E-state index contributed by atoms with van der Waals surface area (Å²) in [6.45, 7) is 3.55. The van der Waals surface area contributed by atoms with E-state index in [4.69, 9.17) is 5.73 Å². The van der Waals surface area contributed by atoms with E-state index in [1.165, 1.54) is 11.3 Å². The van der Waals surface area contributed by atoms with Crippen molar-refractivity contribution in [2.24, 2.45) is 17.3 Å². The number of para-hydroxylation sites is 1. The van der Waals surface area contributed by atoms with Gasteiger partial charge in [-0.3, -0.25) is 14.3 Å². The molecule has 0 unspecified atom stereocenters. The molecule has 4 rings (SSSR count). The first-order valence-electron chi connectivity index (χ1n) is 8.55. The predicted molar refractivity (Wildman–Crippen MR) is 112 cm³/mol. The number of pyridine rings is 1. The Kier molecular flexibility index (Phi) is 4.23. The van der Waals surface area contributed by atoms with Crippen LogP contribution in [0.2, 0.25) is 0 Å². The molecule has 4 aromatic rings. The zero-order valence-electron chi connectivity index (χ0n) is 15.6. The smallest absolute Gasteiger partial charge is 0.299 e. The minimum absolute atomic E-state index is 0.244. The maximum atomic E-state index is 13.0. The molecular formula is C19H18N6O2S. The van der Waals surface area contributed by atoms with Crippen LogP contribution in [0.15, 0.2) is 55.5 Å². The Hall–Kier alpha value is -3.46. The Balaban J connectivity index is 1.88. The minimum Gasteiger partial charge on any atom is -0.390 e. The number of nitrogens with zero attached hydrogens (tertiary/aromatic N) is 4. The van der Waals surface area contributed by atoms with Gasteiger partial charge in [-0.15, -0.1) is 21.6 Å². The van der Waals surface area contributed by atoms with Crippen LogP contribution in [0.25, 0.3) is 16.5 Å². The maximum Gasteiger partial charge on any atom is 0.299 e. The maximum absolute atomic E-state index is 13.0. The number of nitrogens with one attached hydrogen (secondary N) is 1. The fourth-order valence-electron chi connectivity index (χ4n) is 3.17. The summed E-state index contributed by atoms with van der Waals surface area (Å²) in [5.41, 5.74) is 8.12. The van der Waals surface area contributed by atoms with Crippen molar-refractivity contribution >= 4 is 38.5 Å². The topological polar surface area (TPSA) is 111 Å². The summed E-state index contributed by atoms with van der Waals surface area (Å²) in [5.74, 6) is 0. The largest absolute Gasteiger partial charge is 0.390 e. The van der Waals surface area contributed by atoms with E-state index in [2.05, 4.69) is 15.2 Å². The van der Waals surface area contributed by atoms with E-state index in [-0.39, 0.29) is 16.8 Å². The highest BCUT2D eigenvalue weighted by atomic mass is 32.1. The molecule has 0 aliphatic heterocycles.